The largest absolute Gasteiger partial charge is 0.293 e. The first-order valence-electron chi connectivity index (χ1n) is 4.17. The average molecular weight is 211 g/mol. The number of thiazole rings is 1. The number of carbonyl (C=O) groups excluding carboxylic acids is 2. The van der Waals surface area contributed by atoms with Crippen molar-refractivity contribution in [3.63, 3.8) is 0 Å². The Morgan fingerprint density at radius 2 is 2.21 bits per heavy atom. The minimum Gasteiger partial charge on any atom is -0.293 e. The van der Waals surface area contributed by atoms with Crippen LogP contribution < -0.4 is 10.6 Å². The van der Waals surface area contributed by atoms with Gasteiger partial charge in [0.05, 0.1) is 16.4 Å². The summed E-state index contributed by atoms with van der Waals surface area (Å²) >= 11 is 1.39. The molecule has 1 aromatic rings. The normalized spacial score (nSPS) is 27.5. The van der Waals surface area contributed by atoms with Crippen molar-refractivity contribution >= 4 is 23.2 Å². The maximum absolute atomic E-state index is 11.4. The Labute approximate surface area is 84.5 Å². The zero-order valence-electron chi connectivity index (χ0n) is 7.48. The van der Waals surface area contributed by atoms with E-state index >= 15 is 0 Å². The van der Waals surface area contributed by atoms with Crippen LogP contribution >= 0.6 is 11.3 Å². The summed E-state index contributed by atoms with van der Waals surface area (Å²) in [6, 6.07) is -0.796. The third-order valence-electron chi connectivity index (χ3n) is 2.05. The smallest absolute Gasteiger partial charge is 0.249 e. The van der Waals surface area contributed by atoms with Crippen LogP contribution in [0.15, 0.2) is 11.7 Å². The third kappa shape index (κ3) is 1.53. The maximum Gasteiger partial charge on any atom is 0.249 e. The molecule has 0 saturated carbocycles. The van der Waals surface area contributed by atoms with Crippen LogP contribution in [0.4, 0.5) is 0 Å². The monoisotopic (exact) mass is 211 g/mol. The number of imide groups is 1. The molecule has 0 aromatic carbocycles. The number of carbonyl (C=O) groups is 2. The number of hydrogen-bond acceptors (Lipinski definition) is 5. The first-order valence-corrected chi connectivity index (χ1v) is 5.05. The molecule has 0 bridgehead atoms. The molecule has 2 amide bonds. The highest BCUT2D eigenvalue weighted by atomic mass is 32.1. The maximum atomic E-state index is 11.4. The molecule has 1 aliphatic rings. The van der Waals surface area contributed by atoms with Crippen molar-refractivity contribution < 1.29 is 9.59 Å². The summed E-state index contributed by atoms with van der Waals surface area (Å²) < 4.78 is 0. The standard InChI is InChI=1S/C8H9N3O2S/c1-4-7(12)11-8(13)6(10-4)5-2-9-3-14-5/h2-4,6,10H,1H3,(H,11,12,13). The molecule has 2 heterocycles. The Bertz CT molecular complexity index is 363. The van der Waals surface area contributed by atoms with Gasteiger partial charge in [0.1, 0.15) is 6.04 Å². The Kier molecular flexibility index (Phi) is 2.30. The van der Waals surface area contributed by atoms with Crippen molar-refractivity contribution in [2.75, 3.05) is 0 Å². The summed E-state index contributed by atoms with van der Waals surface area (Å²) in [7, 11) is 0. The van der Waals surface area contributed by atoms with Crippen LogP contribution in [0.2, 0.25) is 0 Å². The molecule has 5 nitrogen and oxygen atoms in total. The number of hydrogen-bond donors (Lipinski definition) is 2. The molecule has 2 unspecified atom stereocenters. The van der Waals surface area contributed by atoms with Gasteiger partial charge in [0, 0.05) is 6.20 Å². The molecular weight excluding hydrogens is 202 g/mol. The second-order valence-corrected chi connectivity index (χ2v) is 4.00. The molecule has 1 saturated heterocycles. The van der Waals surface area contributed by atoms with Gasteiger partial charge in [-0.3, -0.25) is 25.2 Å². The lowest BCUT2D eigenvalue weighted by molar-refractivity contribution is -0.136. The Balaban J connectivity index is 2.21. The molecule has 14 heavy (non-hydrogen) atoms. The molecule has 2 rings (SSSR count). The zero-order valence-corrected chi connectivity index (χ0v) is 8.30. The van der Waals surface area contributed by atoms with E-state index in [2.05, 4.69) is 15.6 Å². The zero-order chi connectivity index (χ0) is 10.1. The van der Waals surface area contributed by atoms with Gasteiger partial charge in [-0.25, -0.2) is 0 Å². The lowest BCUT2D eigenvalue weighted by atomic mass is 10.1. The molecule has 0 radical (unpaired) electrons. The number of amides is 2. The van der Waals surface area contributed by atoms with E-state index in [1.165, 1.54) is 11.3 Å². The lowest BCUT2D eigenvalue weighted by Gasteiger charge is -2.26. The van der Waals surface area contributed by atoms with Crippen molar-refractivity contribution in [2.45, 2.75) is 19.0 Å². The van der Waals surface area contributed by atoms with Crippen molar-refractivity contribution in [3.05, 3.63) is 16.6 Å². The van der Waals surface area contributed by atoms with Gasteiger partial charge in [-0.15, -0.1) is 11.3 Å². The van der Waals surface area contributed by atoms with Crippen LogP contribution in [0.5, 0.6) is 0 Å². The van der Waals surface area contributed by atoms with E-state index in [-0.39, 0.29) is 17.9 Å². The van der Waals surface area contributed by atoms with Gasteiger partial charge in [-0.2, -0.15) is 0 Å². The summed E-state index contributed by atoms with van der Waals surface area (Å²) in [5, 5.41) is 5.23. The number of piperazine rings is 1. The molecule has 0 aliphatic carbocycles. The Morgan fingerprint density at radius 3 is 2.86 bits per heavy atom. The number of aromatic nitrogens is 1. The van der Waals surface area contributed by atoms with Gasteiger partial charge < -0.3 is 0 Å². The summed E-state index contributed by atoms with van der Waals surface area (Å²) in [4.78, 5) is 27.3. The lowest BCUT2D eigenvalue weighted by Crippen LogP contribution is -2.56. The van der Waals surface area contributed by atoms with Crippen LogP contribution in [0.3, 0.4) is 0 Å². The van der Waals surface area contributed by atoms with E-state index in [1.807, 2.05) is 0 Å². The van der Waals surface area contributed by atoms with E-state index in [0.717, 1.165) is 4.88 Å². The number of rotatable bonds is 1. The molecular formula is C8H9N3O2S. The van der Waals surface area contributed by atoms with Crippen molar-refractivity contribution in [1.29, 1.82) is 0 Å². The average Bonchev–Trinajstić information content (AvgIpc) is 2.64. The van der Waals surface area contributed by atoms with Crippen LogP contribution in [0, 0.1) is 0 Å². The van der Waals surface area contributed by atoms with Gasteiger partial charge in [0.25, 0.3) is 0 Å². The molecule has 74 valence electrons. The summed E-state index contributed by atoms with van der Waals surface area (Å²) in [6.07, 6.45) is 1.63. The SMILES string of the molecule is CC1NC(c2cncs2)C(=O)NC1=O. The van der Waals surface area contributed by atoms with Gasteiger partial charge in [-0.05, 0) is 6.92 Å². The van der Waals surface area contributed by atoms with Crippen LogP contribution in [0.1, 0.15) is 17.8 Å². The minimum atomic E-state index is -0.449. The quantitative estimate of drug-likeness (QED) is 0.632. The topological polar surface area (TPSA) is 71.1 Å². The van der Waals surface area contributed by atoms with Crippen molar-refractivity contribution in [2.24, 2.45) is 0 Å². The number of nitrogens with one attached hydrogen (secondary N) is 2. The Morgan fingerprint density at radius 1 is 1.43 bits per heavy atom. The third-order valence-corrected chi connectivity index (χ3v) is 2.89. The van der Waals surface area contributed by atoms with Crippen LogP contribution in [-0.4, -0.2) is 22.8 Å². The summed E-state index contributed by atoms with van der Waals surface area (Å²) in [6.45, 7) is 1.72. The molecule has 1 aliphatic heterocycles. The van der Waals surface area contributed by atoms with E-state index in [4.69, 9.17) is 0 Å². The predicted octanol–water partition coefficient (Wildman–Crippen LogP) is -0.181. The molecule has 1 aromatic heterocycles. The van der Waals surface area contributed by atoms with Crippen LogP contribution in [0.25, 0.3) is 0 Å². The van der Waals surface area contributed by atoms with Crippen LogP contribution in [-0.2, 0) is 9.59 Å². The molecule has 2 N–H and O–H groups in total. The highest BCUT2D eigenvalue weighted by Crippen LogP contribution is 2.19. The van der Waals surface area contributed by atoms with Crippen molar-refractivity contribution in [3.8, 4) is 0 Å². The van der Waals surface area contributed by atoms with Gasteiger partial charge in [0.2, 0.25) is 11.8 Å². The number of nitrogens with zero attached hydrogens (tertiary/aromatic N) is 1. The molecule has 2 atom stereocenters. The van der Waals surface area contributed by atoms with Gasteiger partial charge >= 0.3 is 0 Å². The van der Waals surface area contributed by atoms with E-state index < -0.39 is 6.04 Å². The molecule has 1 fully saturated rings. The van der Waals surface area contributed by atoms with Gasteiger partial charge in [-0.1, -0.05) is 0 Å². The molecule has 0 spiro atoms. The Hall–Kier alpha value is -1.27. The first kappa shape index (κ1) is 9.29. The van der Waals surface area contributed by atoms with E-state index in [9.17, 15) is 9.59 Å². The first-order chi connectivity index (χ1) is 6.68. The summed E-state index contributed by atoms with van der Waals surface area (Å²) in [5.74, 6) is -0.590. The molecule has 6 heteroatoms. The summed E-state index contributed by atoms with van der Waals surface area (Å²) in [5.41, 5.74) is 1.66. The van der Waals surface area contributed by atoms with E-state index in [1.54, 1.807) is 18.6 Å². The van der Waals surface area contributed by atoms with Crippen molar-refractivity contribution in [1.82, 2.24) is 15.6 Å². The fourth-order valence-corrected chi connectivity index (χ4v) is 1.96. The highest BCUT2D eigenvalue weighted by molar-refractivity contribution is 7.09. The van der Waals surface area contributed by atoms with E-state index in [0.29, 0.717) is 0 Å². The minimum absolute atomic E-state index is 0.282. The van der Waals surface area contributed by atoms with Gasteiger partial charge in [0.15, 0.2) is 0 Å². The predicted molar refractivity (Wildman–Crippen MR) is 50.6 cm³/mol. The second-order valence-electron chi connectivity index (χ2n) is 3.08. The fourth-order valence-electron chi connectivity index (χ4n) is 1.28. The second kappa shape index (κ2) is 3.47. The fraction of sp³-hybridized carbons (Fsp3) is 0.375. The highest BCUT2D eigenvalue weighted by Gasteiger charge is 2.32.